The van der Waals surface area contributed by atoms with E-state index in [0.717, 1.165) is 18.8 Å². The molecular weight excluding hydrogens is 415 g/mol. The van der Waals surface area contributed by atoms with E-state index in [1.807, 2.05) is 0 Å². The Bertz CT molecular complexity index is 915. The van der Waals surface area contributed by atoms with Crippen LogP contribution in [0, 0.1) is 11.7 Å². The number of anilines is 1. The molecule has 5 nitrogen and oxygen atoms in total. The molecular formula is C21H22ClFN2O3S. The van der Waals surface area contributed by atoms with Crippen molar-refractivity contribution in [2.75, 3.05) is 18.0 Å². The minimum atomic E-state index is -0.537. The van der Waals surface area contributed by atoms with E-state index in [4.69, 9.17) is 16.3 Å². The molecule has 0 radical (unpaired) electrons. The third kappa shape index (κ3) is 4.73. The first-order chi connectivity index (χ1) is 14.0. The lowest BCUT2D eigenvalue weighted by atomic mass is 9.81. The number of aryl methyl sites for hydroxylation is 1. The lowest BCUT2D eigenvalue weighted by Gasteiger charge is -2.25. The lowest BCUT2D eigenvalue weighted by Crippen LogP contribution is -2.34. The van der Waals surface area contributed by atoms with Crippen molar-refractivity contribution in [3.8, 4) is 0 Å². The number of amides is 2. The molecule has 1 aliphatic carbocycles. The average Bonchev–Trinajstić information content (AvgIpc) is 3.25. The molecule has 1 aromatic heterocycles. The maximum absolute atomic E-state index is 14.5. The van der Waals surface area contributed by atoms with Crippen LogP contribution in [0.1, 0.15) is 40.9 Å². The highest BCUT2D eigenvalue weighted by molar-refractivity contribution is 7.17. The lowest BCUT2D eigenvalue weighted by molar-refractivity contribution is 0.0920. The standard InChI is InChI=1S/C21H22ClFN2O3S/c22-19-9-8-18(29-19)20(26)24-11-16-12-25(21(27)28-16)15-7-6-14(17(23)10-15)5-4-13-2-1-3-13/h6-10,13,16H,1-5,11-12H2,(H,24,26). The van der Waals surface area contributed by atoms with Crippen molar-refractivity contribution >= 4 is 40.6 Å². The van der Waals surface area contributed by atoms with Crippen LogP contribution in [0.4, 0.5) is 14.9 Å². The summed E-state index contributed by atoms with van der Waals surface area (Å²) in [5, 5.41) is 2.74. The number of halogens is 2. The maximum Gasteiger partial charge on any atom is 0.414 e. The van der Waals surface area contributed by atoms with Gasteiger partial charge < -0.3 is 10.1 Å². The molecule has 8 heteroatoms. The largest absolute Gasteiger partial charge is 0.442 e. The molecule has 2 amide bonds. The number of carbonyl (C=O) groups is 2. The first-order valence-electron chi connectivity index (χ1n) is 9.79. The van der Waals surface area contributed by atoms with E-state index >= 15 is 0 Å². The van der Waals surface area contributed by atoms with E-state index in [-0.39, 0.29) is 24.8 Å². The molecule has 29 heavy (non-hydrogen) atoms. The van der Waals surface area contributed by atoms with Gasteiger partial charge in [-0.3, -0.25) is 9.69 Å². The zero-order valence-electron chi connectivity index (χ0n) is 15.8. The van der Waals surface area contributed by atoms with Crippen molar-refractivity contribution in [1.82, 2.24) is 5.32 Å². The van der Waals surface area contributed by atoms with Crippen molar-refractivity contribution in [3.63, 3.8) is 0 Å². The number of carbonyl (C=O) groups excluding carboxylic acids is 2. The van der Waals surface area contributed by atoms with E-state index in [1.165, 1.54) is 41.6 Å². The van der Waals surface area contributed by atoms with Crippen molar-refractivity contribution in [2.24, 2.45) is 5.92 Å². The summed E-state index contributed by atoms with van der Waals surface area (Å²) in [6, 6.07) is 8.21. The van der Waals surface area contributed by atoms with Crippen LogP contribution in [-0.4, -0.2) is 31.2 Å². The fourth-order valence-corrected chi connectivity index (χ4v) is 4.58. The second-order valence-electron chi connectivity index (χ2n) is 7.54. The van der Waals surface area contributed by atoms with Gasteiger partial charge in [-0.05, 0) is 48.6 Å². The van der Waals surface area contributed by atoms with Gasteiger partial charge in [0, 0.05) is 0 Å². The van der Waals surface area contributed by atoms with Gasteiger partial charge in [-0.2, -0.15) is 0 Å². The normalized spacial score (nSPS) is 19.2. The number of hydrogen-bond acceptors (Lipinski definition) is 4. The molecule has 1 atom stereocenters. The summed E-state index contributed by atoms with van der Waals surface area (Å²) in [5.41, 5.74) is 1.16. The first-order valence-corrected chi connectivity index (χ1v) is 11.0. The number of ether oxygens (including phenoxy) is 1. The first kappa shape index (κ1) is 20.2. The van der Waals surface area contributed by atoms with E-state index in [9.17, 15) is 14.0 Å². The summed E-state index contributed by atoms with van der Waals surface area (Å²) in [7, 11) is 0. The smallest absolute Gasteiger partial charge is 0.414 e. The van der Waals surface area contributed by atoms with Gasteiger partial charge in [-0.15, -0.1) is 11.3 Å². The Morgan fingerprint density at radius 1 is 1.31 bits per heavy atom. The topological polar surface area (TPSA) is 58.6 Å². The summed E-state index contributed by atoms with van der Waals surface area (Å²) in [4.78, 5) is 26.2. The molecule has 1 saturated heterocycles. The van der Waals surface area contributed by atoms with Crippen LogP contribution in [0.5, 0.6) is 0 Å². The minimum absolute atomic E-state index is 0.179. The second kappa shape index (κ2) is 8.71. The molecule has 154 valence electrons. The molecule has 1 saturated carbocycles. The van der Waals surface area contributed by atoms with Gasteiger partial charge >= 0.3 is 6.09 Å². The number of thiophene rings is 1. The van der Waals surface area contributed by atoms with Crippen LogP contribution >= 0.6 is 22.9 Å². The summed E-state index contributed by atoms with van der Waals surface area (Å²) in [6.45, 7) is 0.434. The zero-order chi connectivity index (χ0) is 20.4. The monoisotopic (exact) mass is 436 g/mol. The van der Waals surface area contributed by atoms with Gasteiger partial charge in [0.2, 0.25) is 0 Å². The van der Waals surface area contributed by atoms with Gasteiger partial charge in [0.25, 0.3) is 5.91 Å². The average molecular weight is 437 g/mol. The van der Waals surface area contributed by atoms with Crippen molar-refractivity contribution in [2.45, 2.75) is 38.2 Å². The molecule has 0 spiro atoms. The van der Waals surface area contributed by atoms with Crippen molar-refractivity contribution < 1.29 is 18.7 Å². The van der Waals surface area contributed by atoms with Gasteiger partial charge in [0.05, 0.1) is 28.0 Å². The summed E-state index contributed by atoms with van der Waals surface area (Å²) in [6.07, 6.45) is 4.48. The molecule has 0 bridgehead atoms. The number of nitrogens with zero attached hydrogens (tertiary/aromatic N) is 1. The van der Waals surface area contributed by atoms with Crippen LogP contribution in [0.15, 0.2) is 30.3 Å². The van der Waals surface area contributed by atoms with Crippen LogP contribution < -0.4 is 10.2 Å². The van der Waals surface area contributed by atoms with Gasteiger partial charge in [-0.25, -0.2) is 9.18 Å². The van der Waals surface area contributed by atoms with Crippen LogP contribution in [0.25, 0.3) is 0 Å². The van der Waals surface area contributed by atoms with Crippen LogP contribution in [0.3, 0.4) is 0 Å². The maximum atomic E-state index is 14.5. The van der Waals surface area contributed by atoms with Gasteiger partial charge in [0.1, 0.15) is 11.9 Å². The Labute approximate surface area is 177 Å². The van der Waals surface area contributed by atoms with E-state index in [0.29, 0.717) is 20.5 Å². The highest BCUT2D eigenvalue weighted by Crippen LogP contribution is 2.31. The highest BCUT2D eigenvalue weighted by atomic mass is 35.5. The van der Waals surface area contributed by atoms with Crippen molar-refractivity contribution in [3.05, 3.63) is 50.9 Å². The quantitative estimate of drug-likeness (QED) is 0.662. The number of benzene rings is 1. The Morgan fingerprint density at radius 2 is 2.14 bits per heavy atom. The second-order valence-corrected chi connectivity index (χ2v) is 9.26. The molecule has 2 fully saturated rings. The number of rotatable bonds is 7. The minimum Gasteiger partial charge on any atom is -0.442 e. The van der Waals surface area contributed by atoms with Gasteiger partial charge in [0.15, 0.2) is 0 Å². The highest BCUT2D eigenvalue weighted by Gasteiger charge is 2.33. The number of cyclic esters (lactones) is 1. The Morgan fingerprint density at radius 3 is 2.79 bits per heavy atom. The Hall–Kier alpha value is -2.12. The molecule has 4 rings (SSSR count). The number of nitrogens with one attached hydrogen (secondary N) is 1. The molecule has 2 aromatic rings. The molecule has 1 N–H and O–H groups in total. The molecule has 1 aliphatic heterocycles. The summed E-state index contributed by atoms with van der Waals surface area (Å²) >= 11 is 7.02. The number of hydrogen-bond donors (Lipinski definition) is 1. The summed E-state index contributed by atoms with van der Waals surface area (Å²) < 4.78 is 20.4. The Kier molecular flexibility index (Phi) is 6.06. The van der Waals surface area contributed by atoms with Crippen molar-refractivity contribution in [1.29, 1.82) is 0 Å². The predicted molar refractivity (Wildman–Crippen MR) is 111 cm³/mol. The third-order valence-electron chi connectivity index (χ3n) is 5.56. The van der Waals surface area contributed by atoms with E-state index in [1.54, 1.807) is 24.3 Å². The van der Waals surface area contributed by atoms with E-state index in [2.05, 4.69) is 5.32 Å². The summed E-state index contributed by atoms with van der Waals surface area (Å²) in [5.74, 6) is 0.169. The Balaban J connectivity index is 1.32. The third-order valence-corrected chi connectivity index (χ3v) is 6.79. The molecule has 1 unspecified atom stereocenters. The fourth-order valence-electron chi connectivity index (χ4n) is 3.62. The SMILES string of the molecule is O=C(NCC1CN(c2ccc(CCC3CCC3)c(F)c2)C(=O)O1)c1ccc(Cl)s1. The van der Waals surface area contributed by atoms with Crippen LogP contribution in [-0.2, 0) is 11.2 Å². The fraction of sp³-hybridized carbons (Fsp3) is 0.429. The van der Waals surface area contributed by atoms with E-state index < -0.39 is 12.2 Å². The molecule has 1 aromatic carbocycles. The predicted octanol–water partition coefficient (Wildman–Crippen LogP) is 5.03. The molecule has 2 aliphatic rings. The van der Waals surface area contributed by atoms with Crippen LogP contribution in [0.2, 0.25) is 4.34 Å². The zero-order valence-corrected chi connectivity index (χ0v) is 17.4. The molecule has 2 heterocycles. The van der Waals surface area contributed by atoms with Gasteiger partial charge in [-0.1, -0.05) is 36.9 Å².